The van der Waals surface area contributed by atoms with E-state index >= 15 is 0 Å². The predicted molar refractivity (Wildman–Crippen MR) is 52.2 cm³/mol. The van der Waals surface area contributed by atoms with Crippen molar-refractivity contribution < 1.29 is 22.1 Å². The maximum absolute atomic E-state index is 12.6. The fourth-order valence-electron chi connectivity index (χ4n) is 1.08. The lowest BCUT2D eigenvalue weighted by molar-refractivity contribution is 0.123. The van der Waals surface area contributed by atoms with Crippen LogP contribution in [0.4, 0.5) is 4.39 Å². The van der Waals surface area contributed by atoms with Gasteiger partial charge in [-0.05, 0) is 17.7 Å². The minimum Gasteiger partial charge on any atom is -0.393 e. The largest absolute Gasteiger partial charge is 0.393 e. The summed E-state index contributed by atoms with van der Waals surface area (Å²) in [6, 6.07) is 5.07. The Morgan fingerprint density at radius 3 is 2.33 bits per heavy atom. The Kier molecular flexibility index (Phi) is 3.78. The summed E-state index contributed by atoms with van der Waals surface area (Å²) in [6.07, 6.45) is -0.0975. The Bertz CT molecular complexity index is 412. The smallest absolute Gasteiger partial charge is 0.265 e. The zero-order chi connectivity index (χ0) is 11.5. The molecule has 0 saturated heterocycles. The van der Waals surface area contributed by atoms with Gasteiger partial charge < -0.3 is 5.11 Å². The van der Waals surface area contributed by atoms with Crippen molar-refractivity contribution >= 4 is 10.1 Å². The number of rotatable bonds is 4. The van der Waals surface area contributed by atoms with Crippen LogP contribution in [0.15, 0.2) is 24.3 Å². The molecule has 0 bridgehead atoms. The van der Waals surface area contributed by atoms with Gasteiger partial charge in [0.1, 0.15) is 11.9 Å². The fourth-order valence-corrected chi connectivity index (χ4v) is 1.67. The van der Waals surface area contributed by atoms with Gasteiger partial charge in [-0.3, -0.25) is 4.18 Å². The molecule has 0 aromatic heterocycles. The summed E-state index contributed by atoms with van der Waals surface area (Å²) in [5.41, 5.74) is 0.407. The molecule has 6 heteroatoms. The molecular formula is C9H11FO4S. The van der Waals surface area contributed by atoms with Gasteiger partial charge in [-0.15, -0.1) is 0 Å². The predicted octanol–water partition coefficient (Wildman–Crippen LogP) is 0.835. The van der Waals surface area contributed by atoms with Gasteiger partial charge in [0.15, 0.2) is 0 Å². The van der Waals surface area contributed by atoms with Gasteiger partial charge in [-0.1, -0.05) is 12.1 Å². The zero-order valence-corrected chi connectivity index (χ0v) is 8.87. The second-order valence-electron chi connectivity index (χ2n) is 3.02. The molecule has 0 heterocycles. The highest BCUT2D eigenvalue weighted by atomic mass is 32.2. The van der Waals surface area contributed by atoms with Crippen molar-refractivity contribution in [3.05, 3.63) is 35.6 Å². The van der Waals surface area contributed by atoms with E-state index in [9.17, 15) is 12.8 Å². The molecule has 0 saturated carbocycles. The molecule has 0 fully saturated rings. The summed E-state index contributed by atoms with van der Waals surface area (Å²) in [6.45, 7) is -0.487. The summed E-state index contributed by atoms with van der Waals surface area (Å²) in [4.78, 5) is 0. The third-order valence-electron chi connectivity index (χ3n) is 1.70. The Labute approximate surface area is 87.4 Å². The van der Waals surface area contributed by atoms with Crippen LogP contribution in [0.2, 0.25) is 0 Å². The van der Waals surface area contributed by atoms with E-state index in [4.69, 9.17) is 5.11 Å². The lowest BCUT2D eigenvalue weighted by Crippen LogP contribution is -2.13. The minimum atomic E-state index is -3.65. The quantitative estimate of drug-likeness (QED) is 0.784. The average molecular weight is 234 g/mol. The molecule has 0 radical (unpaired) electrons. The second kappa shape index (κ2) is 4.69. The summed E-state index contributed by atoms with van der Waals surface area (Å²) in [7, 11) is -3.65. The van der Waals surface area contributed by atoms with E-state index < -0.39 is 28.6 Å². The number of hydrogen-bond donors (Lipinski definition) is 1. The number of hydrogen-bond acceptors (Lipinski definition) is 4. The third-order valence-corrected chi connectivity index (χ3v) is 2.28. The molecule has 0 aliphatic carbocycles. The van der Waals surface area contributed by atoms with E-state index in [0.29, 0.717) is 5.56 Å². The first-order chi connectivity index (χ1) is 6.92. The van der Waals surface area contributed by atoms with Crippen LogP contribution < -0.4 is 0 Å². The van der Waals surface area contributed by atoms with Gasteiger partial charge in [-0.25, -0.2) is 4.39 Å². The number of aliphatic hydroxyl groups excluding tert-OH is 1. The van der Waals surface area contributed by atoms with Gasteiger partial charge in [0.2, 0.25) is 0 Å². The highest BCUT2D eigenvalue weighted by Crippen LogP contribution is 2.18. The van der Waals surface area contributed by atoms with Crippen LogP contribution in [-0.2, 0) is 14.3 Å². The van der Waals surface area contributed by atoms with Crippen LogP contribution in [0.5, 0.6) is 0 Å². The molecule has 1 N–H and O–H groups in total. The highest BCUT2D eigenvalue weighted by molar-refractivity contribution is 7.86. The number of benzene rings is 1. The zero-order valence-electron chi connectivity index (χ0n) is 8.05. The molecule has 0 amide bonds. The normalized spacial score (nSPS) is 13.8. The van der Waals surface area contributed by atoms with Crippen molar-refractivity contribution in [3.8, 4) is 0 Å². The SMILES string of the molecule is CS(=O)(=O)OC(CO)c1ccc(F)cc1. The van der Waals surface area contributed by atoms with Crippen LogP contribution in [0.3, 0.4) is 0 Å². The summed E-state index contributed by atoms with van der Waals surface area (Å²) in [5.74, 6) is -0.435. The van der Waals surface area contributed by atoms with E-state index in [1.165, 1.54) is 24.3 Å². The van der Waals surface area contributed by atoms with Crippen molar-refractivity contribution in [1.29, 1.82) is 0 Å². The third kappa shape index (κ3) is 3.94. The molecule has 0 spiro atoms. The molecule has 0 aliphatic heterocycles. The molecular weight excluding hydrogens is 223 g/mol. The topological polar surface area (TPSA) is 63.6 Å². The molecule has 0 aliphatic rings. The first-order valence-corrected chi connectivity index (χ1v) is 5.98. The molecule has 1 rings (SSSR count). The monoisotopic (exact) mass is 234 g/mol. The Hall–Kier alpha value is -0.980. The first-order valence-electron chi connectivity index (χ1n) is 4.17. The van der Waals surface area contributed by atoms with E-state index in [1.54, 1.807) is 0 Å². The second-order valence-corrected chi connectivity index (χ2v) is 4.62. The molecule has 84 valence electrons. The van der Waals surface area contributed by atoms with Crippen LogP contribution in [-0.4, -0.2) is 26.4 Å². The van der Waals surface area contributed by atoms with Crippen LogP contribution in [0.1, 0.15) is 11.7 Å². The van der Waals surface area contributed by atoms with Crippen LogP contribution >= 0.6 is 0 Å². The van der Waals surface area contributed by atoms with Gasteiger partial charge in [0.25, 0.3) is 10.1 Å². The molecule has 15 heavy (non-hydrogen) atoms. The maximum atomic E-state index is 12.6. The van der Waals surface area contributed by atoms with Gasteiger partial charge in [-0.2, -0.15) is 8.42 Å². The standard InChI is InChI=1S/C9H11FO4S/c1-15(12,13)14-9(6-11)7-2-4-8(10)5-3-7/h2-5,9,11H,6H2,1H3. The molecule has 1 atom stereocenters. The van der Waals surface area contributed by atoms with E-state index in [-0.39, 0.29) is 0 Å². The van der Waals surface area contributed by atoms with Gasteiger partial charge >= 0.3 is 0 Å². The highest BCUT2D eigenvalue weighted by Gasteiger charge is 2.16. The number of aliphatic hydroxyl groups is 1. The van der Waals surface area contributed by atoms with Crippen molar-refractivity contribution in [2.24, 2.45) is 0 Å². The van der Waals surface area contributed by atoms with Crippen molar-refractivity contribution in [1.82, 2.24) is 0 Å². The lowest BCUT2D eigenvalue weighted by Gasteiger charge is -2.13. The number of halogens is 1. The summed E-state index contributed by atoms with van der Waals surface area (Å²) < 4.78 is 38.8. The van der Waals surface area contributed by atoms with Crippen molar-refractivity contribution in [3.63, 3.8) is 0 Å². The Morgan fingerprint density at radius 1 is 1.40 bits per heavy atom. The van der Waals surface area contributed by atoms with Gasteiger partial charge in [0.05, 0.1) is 12.9 Å². The molecule has 4 nitrogen and oxygen atoms in total. The fraction of sp³-hybridized carbons (Fsp3) is 0.333. The molecule has 1 aromatic rings. The maximum Gasteiger partial charge on any atom is 0.265 e. The van der Waals surface area contributed by atoms with E-state index in [2.05, 4.69) is 4.18 Å². The van der Waals surface area contributed by atoms with Crippen molar-refractivity contribution in [2.45, 2.75) is 6.10 Å². The minimum absolute atomic E-state index is 0.407. The molecule has 1 unspecified atom stereocenters. The van der Waals surface area contributed by atoms with Gasteiger partial charge in [0, 0.05) is 0 Å². The Morgan fingerprint density at radius 2 is 1.93 bits per heavy atom. The van der Waals surface area contributed by atoms with E-state index in [0.717, 1.165) is 6.26 Å². The van der Waals surface area contributed by atoms with Crippen LogP contribution in [0, 0.1) is 5.82 Å². The average Bonchev–Trinajstić information content (AvgIpc) is 2.14. The summed E-state index contributed by atoms with van der Waals surface area (Å²) in [5, 5.41) is 8.93. The Balaban J connectivity index is 2.88. The lowest BCUT2D eigenvalue weighted by atomic mass is 10.1. The summed E-state index contributed by atoms with van der Waals surface area (Å²) >= 11 is 0. The van der Waals surface area contributed by atoms with E-state index in [1.807, 2.05) is 0 Å². The van der Waals surface area contributed by atoms with Crippen LogP contribution in [0.25, 0.3) is 0 Å². The molecule has 1 aromatic carbocycles. The first kappa shape index (κ1) is 12.1. The van der Waals surface area contributed by atoms with Crippen molar-refractivity contribution in [2.75, 3.05) is 12.9 Å².